The van der Waals surface area contributed by atoms with E-state index in [4.69, 9.17) is 5.73 Å². The lowest BCUT2D eigenvalue weighted by Gasteiger charge is -2.01. The van der Waals surface area contributed by atoms with E-state index in [9.17, 15) is 0 Å². The van der Waals surface area contributed by atoms with Gasteiger partial charge >= 0.3 is 0 Å². The summed E-state index contributed by atoms with van der Waals surface area (Å²) >= 11 is 3.45. The molecule has 0 saturated heterocycles. The van der Waals surface area contributed by atoms with Crippen molar-refractivity contribution in [3.8, 4) is 11.4 Å². The zero-order chi connectivity index (χ0) is 12.3. The first kappa shape index (κ1) is 12.3. The molecule has 0 aliphatic rings. The third-order valence-corrected chi connectivity index (χ3v) is 3.07. The molecular weight excluding hydrogens is 280 g/mol. The molecule has 0 amide bonds. The summed E-state index contributed by atoms with van der Waals surface area (Å²) in [7, 11) is 0. The number of nitrogens with zero attached hydrogens (tertiary/aromatic N) is 2. The Morgan fingerprint density at radius 3 is 2.94 bits per heavy atom. The second kappa shape index (κ2) is 5.42. The highest BCUT2D eigenvalue weighted by Crippen LogP contribution is 2.23. The smallest absolute Gasteiger partial charge is 0.181 e. The van der Waals surface area contributed by atoms with Crippen LogP contribution in [0.5, 0.6) is 0 Å². The van der Waals surface area contributed by atoms with Gasteiger partial charge in [-0.25, -0.2) is 4.98 Å². The molecule has 90 valence electrons. The van der Waals surface area contributed by atoms with E-state index in [1.54, 1.807) is 0 Å². The Morgan fingerprint density at radius 1 is 1.41 bits per heavy atom. The van der Waals surface area contributed by atoms with Gasteiger partial charge in [0.25, 0.3) is 0 Å². The van der Waals surface area contributed by atoms with Crippen LogP contribution in [0.25, 0.3) is 11.4 Å². The van der Waals surface area contributed by atoms with Crippen LogP contribution in [-0.2, 0) is 6.42 Å². The average Bonchev–Trinajstić information content (AvgIpc) is 2.75. The Hall–Kier alpha value is -1.20. The molecule has 0 radical (unpaired) electrons. The lowest BCUT2D eigenvalue weighted by atomic mass is 10.1. The summed E-state index contributed by atoms with van der Waals surface area (Å²) in [6.07, 6.45) is 1.77. The van der Waals surface area contributed by atoms with Gasteiger partial charge in [-0.3, -0.25) is 5.10 Å². The summed E-state index contributed by atoms with van der Waals surface area (Å²) < 4.78 is 1.07. The zero-order valence-electron chi connectivity index (χ0n) is 9.70. The second-order valence-electron chi connectivity index (χ2n) is 3.96. The molecule has 0 aliphatic carbocycles. The number of benzene rings is 1. The number of hydrogen-bond donors (Lipinski definition) is 2. The highest BCUT2D eigenvalue weighted by molar-refractivity contribution is 9.10. The molecule has 2 rings (SSSR count). The zero-order valence-corrected chi connectivity index (χ0v) is 11.3. The standard InChI is InChI=1S/C12H15BrN4/c1-8-7-9(13)4-5-10(8)12-15-11(16-17-12)3-2-6-14/h4-5,7H,2-3,6,14H2,1H3,(H,15,16,17). The molecule has 0 spiro atoms. The topological polar surface area (TPSA) is 67.6 Å². The maximum Gasteiger partial charge on any atom is 0.181 e. The maximum absolute atomic E-state index is 5.47. The molecule has 0 atom stereocenters. The Bertz CT molecular complexity index is 507. The summed E-state index contributed by atoms with van der Waals surface area (Å²) in [4.78, 5) is 4.47. The Labute approximate surface area is 109 Å². The van der Waals surface area contributed by atoms with E-state index in [2.05, 4.69) is 44.1 Å². The predicted molar refractivity (Wildman–Crippen MR) is 71.6 cm³/mol. The molecule has 2 aromatic rings. The number of rotatable bonds is 4. The van der Waals surface area contributed by atoms with E-state index in [-0.39, 0.29) is 0 Å². The van der Waals surface area contributed by atoms with Gasteiger partial charge in [-0.2, -0.15) is 5.10 Å². The fraction of sp³-hybridized carbons (Fsp3) is 0.333. The van der Waals surface area contributed by atoms with Crippen molar-refractivity contribution in [3.05, 3.63) is 34.1 Å². The van der Waals surface area contributed by atoms with Gasteiger partial charge in [-0.1, -0.05) is 15.9 Å². The van der Waals surface area contributed by atoms with E-state index < -0.39 is 0 Å². The van der Waals surface area contributed by atoms with Crippen LogP contribution in [0.3, 0.4) is 0 Å². The number of aryl methyl sites for hydroxylation is 2. The SMILES string of the molecule is Cc1cc(Br)ccc1-c1n[nH]c(CCCN)n1. The van der Waals surface area contributed by atoms with Crippen molar-refractivity contribution >= 4 is 15.9 Å². The van der Waals surface area contributed by atoms with Crippen molar-refractivity contribution in [2.75, 3.05) is 6.54 Å². The predicted octanol–water partition coefficient (Wildman–Crippen LogP) is 2.43. The van der Waals surface area contributed by atoms with Crippen LogP contribution in [0.4, 0.5) is 0 Å². The maximum atomic E-state index is 5.47. The summed E-state index contributed by atoms with van der Waals surface area (Å²) in [5.41, 5.74) is 7.68. The molecule has 17 heavy (non-hydrogen) atoms. The Kier molecular flexibility index (Phi) is 3.91. The molecule has 0 fully saturated rings. The highest BCUT2D eigenvalue weighted by atomic mass is 79.9. The van der Waals surface area contributed by atoms with Gasteiger partial charge in [0, 0.05) is 16.5 Å². The lowest BCUT2D eigenvalue weighted by molar-refractivity contribution is 0.785. The van der Waals surface area contributed by atoms with Gasteiger partial charge in [0.1, 0.15) is 5.82 Å². The first-order valence-electron chi connectivity index (χ1n) is 5.58. The second-order valence-corrected chi connectivity index (χ2v) is 4.87. The third-order valence-electron chi connectivity index (χ3n) is 2.58. The van der Waals surface area contributed by atoms with Gasteiger partial charge in [0.15, 0.2) is 5.82 Å². The van der Waals surface area contributed by atoms with Gasteiger partial charge in [-0.05, 0) is 43.7 Å². The van der Waals surface area contributed by atoms with E-state index in [1.807, 2.05) is 12.1 Å². The van der Waals surface area contributed by atoms with E-state index in [0.717, 1.165) is 40.1 Å². The fourth-order valence-electron chi connectivity index (χ4n) is 1.68. The van der Waals surface area contributed by atoms with Crippen molar-refractivity contribution in [2.45, 2.75) is 19.8 Å². The number of aromatic amines is 1. The molecule has 0 unspecified atom stereocenters. The highest BCUT2D eigenvalue weighted by Gasteiger charge is 2.08. The van der Waals surface area contributed by atoms with Crippen LogP contribution in [0.1, 0.15) is 17.8 Å². The number of H-pyrrole nitrogens is 1. The van der Waals surface area contributed by atoms with E-state index >= 15 is 0 Å². The number of hydrogen-bond acceptors (Lipinski definition) is 3. The lowest BCUT2D eigenvalue weighted by Crippen LogP contribution is -2.01. The Balaban J connectivity index is 2.24. The van der Waals surface area contributed by atoms with Crippen LogP contribution < -0.4 is 5.73 Å². The minimum atomic E-state index is 0.674. The minimum absolute atomic E-state index is 0.674. The number of nitrogens with two attached hydrogens (primary N) is 1. The van der Waals surface area contributed by atoms with E-state index in [0.29, 0.717) is 6.54 Å². The van der Waals surface area contributed by atoms with E-state index in [1.165, 1.54) is 0 Å². The molecule has 1 aromatic carbocycles. The van der Waals surface area contributed by atoms with Gasteiger partial charge in [-0.15, -0.1) is 0 Å². The van der Waals surface area contributed by atoms with Crippen molar-refractivity contribution < 1.29 is 0 Å². The monoisotopic (exact) mass is 294 g/mol. The summed E-state index contributed by atoms with van der Waals surface area (Å²) in [5.74, 6) is 1.65. The molecule has 1 heterocycles. The summed E-state index contributed by atoms with van der Waals surface area (Å²) in [5, 5.41) is 7.19. The summed E-state index contributed by atoms with van der Waals surface area (Å²) in [6.45, 7) is 2.73. The van der Waals surface area contributed by atoms with Crippen molar-refractivity contribution in [1.29, 1.82) is 0 Å². The minimum Gasteiger partial charge on any atom is -0.330 e. The molecule has 1 aromatic heterocycles. The molecular formula is C12H15BrN4. The normalized spacial score (nSPS) is 10.8. The molecule has 0 aliphatic heterocycles. The van der Waals surface area contributed by atoms with Crippen molar-refractivity contribution in [2.24, 2.45) is 5.73 Å². The first-order chi connectivity index (χ1) is 8.20. The number of aromatic nitrogens is 3. The summed E-state index contributed by atoms with van der Waals surface area (Å²) in [6, 6.07) is 6.08. The molecule has 5 heteroatoms. The van der Waals surface area contributed by atoms with Crippen LogP contribution in [0.2, 0.25) is 0 Å². The molecule has 0 bridgehead atoms. The Morgan fingerprint density at radius 2 is 2.24 bits per heavy atom. The molecule has 0 saturated carbocycles. The van der Waals surface area contributed by atoms with Gasteiger partial charge in [0.05, 0.1) is 0 Å². The van der Waals surface area contributed by atoms with Crippen LogP contribution >= 0.6 is 15.9 Å². The average molecular weight is 295 g/mol. The quantitative estimate of drug-likeness (QED) is 0.910. The van der Waals surface area contributed by atoms with Crippen LogP contribution in [0.15, 0.2) is 22.7 Å². The fourth-order valence-corrected chi connectivity index (χ4v) is 2.15. The van der Waals surface area contributed by atoms with Crippen molar-refractivity contribution in [3.63, 3.8) is 0 Å². The molecule has 4 nitrogen and oxygen atoms in total. The van der Waals surface area contributed by atoms with Crippen LogP contribution in [-0.4, -0.2) is 21.7 Å². The first-order valence-corrected chi connectivity index (χ1v) is 6.38. The largest absolute Gasteiger partial charge is 0.330 e. The number of nitrogens with one attached hydrogen (secondary N) is 1. The van der Waals surface area contributed by atoms with Gasteiger partial charge < -0.3 is 5.73 Å². The third kappa shape index (κ3) is 2.92. The van der Waals surface area contributed by atoms with Gasteiger partial charge in [0.2, 0.25) is 0 Å². The van der Waals surface area contributed by atoms with Crippen molar-refractivity contribution in [1.82, 2.24) is 15.2 Å². The van der Waals surface area contributed by atoms with Crippen LogP contribution in [0, 0.1) is 6.92 Å². The number of halogens is 1. The molecule has 3 N–H and O–H groups in total.